The summed E-state index contributed by atoms with van der Waals surface area (Å²) in [6.45, 7) is 0. The lowest BCUT2D eigenvalue weighted by Crippen LogP contribution is -1.87. The fourth-order valence-corrected chi connectivity index (χ4v) is 3.18. The smallest absolute Gasteiger partial charge is 0.238 e. The molecule has 0 aliphatic rings. The molecule has 0 saturated carbocycles. The van der Waals surface area contributed by atoms with Crippen LogP contribution in [-0.2, 0) is 0 Å². The molecule has 30 heavy (non-hydrogen) atoms. The highest BCUT2D eigenvalue weighted by molar-refractivity contribution is 5.90. The monoisotopic (exact) mass is 394 g/mol. The normalized spacial score (nSPS) is 10.8. The minimum atomic E-state index is 0.0520. The van der Waals surface area contributed by atoms with E-state index in [9.17, 15) is 10.4 Å². The van der Waals surface area contributed by atoms with Gasteiger partial charge in [-0.25, -0.2) is 4.99 Å². The molecule has 0 atom stereocenters. The van der Waals surface area contributed by atoms with Gasteiger partial charge in [0.25, 0.3) is 0 Å². The highest BCUT2D eigenvalue weighted by Gasteiger charge is 2.22. The van der Waals surface area contributed by atoms with Crippen LogP contribution in [-0.4, -0.2) is 18.4 Å². The molecule has 1 aromatic heterocycles. The number of nitrogens with zero attached hydrogens (tertiary/aromatic N) is 2. The average molecular weight is 394 g/mol. The zero-order valence-corrected chi connectivity index (χ0v) is 16.2. The molecular formula is C25H18N2O3. The molecule has 4 rings (SSSR count). The van der Waals surface area contributed by atoms with Crippen molar-refractivity contribution >= 4 is 12.1 Å². The van der Waals surface area contributed by atoms with Crippen molar-refractivity contribution in [3.05, 3.63) is 90.0 Å². The van der Waals surface area contributed by atoms with Crippen molar-refractivity contribution in [2.75, 3.05) is 7.11 Å². The van der Waals surface area contributed by atoms with Gasteiger partial charge in [-0.05, 0) is 23.8 Å². The SMILES string of the molecule is COc1ccc(O)c(C=Nc2oc(-c3ccccc3)c(-c3ccccc3)c2C#N)c1. The predicted molar refractivity (Wildman–Crippen MR) is 116 cm³/mol. The number of nitriles is 1. The Morgan fingerprint density at radius 1 is 0.967 bits per heavy atom. The molecule has 0 saturated heterocycles. The van der Waals surface area contributed by atoms with Crippen LogP contribution in [0.3, 0.4) is 0 Å². The van der Waals surface area contributed by atoms with Crippen molar-refractivity contribution in [3.63, 3.8) is 0 Å². The molecule has 3 aromatic carbocycles. The molecule has 1 N–H and O–H groups in total. The largest absolute Gasteiger partial charge is 0.507 e. The number of furan rings is 1. The molecule has 5 nitrogen and oxygen atoms in total. The first kappa shape index (κ1) is 19.0. The van der Waals surface area contributed by atoms with Crippen LogP contribution in [0.15, 0.2) is 88.3 Å². The van der Waals surface area contributed by atoms with Crippen molar-refractivity contribution in [3.8, 4) is 40.0 Å². The first-order valence-electron chi connectivity index (χ1n) is 9.30. The minimum Gasteiger partial charge on any atom is -0.507 e. The van der Waals surface area contributed by atoms with E-state index in [1.54, 1.807) is 19.2 Å². The van der Waals surface area contributed by atoms with E-state index in [2.05, 4.69) is 11.1 Å². The summed E-state index contributed by atoms with van der Waals surface area (Å²) in [7, 11) is 1.55. The molecule has 0 bridgehead atoms. The molecule has 0 aliphatic carbocycles. The zero-order chi connectivity index (χ0) is 20.9. The van der Waals surface area contributed by atoms with Gasteiger partial charge in [-0.1, -0.05) is 60.7 Å². The Morgan fingerprint density at radius 2 is 1.63 bits per heavy atom. The second-order valence-corrected chi connectivity index (χ2v) is 6.51. The maximum atomic E-state index is 10.1. The van der Waals surface area contributed by atoms with Crippen LogP contribution < -0.4 is 4.74 Å². The number of phenolic OH excluding ortho intramolecular Hbond substituents is 1. The third-order valence-electron chi connectivity index (χ3n) is 4.66. The first-order chi connectivity index (χ1) is 14.7. The fraction of sp³-hybridized carbons (Fsp3) is 0.0400. The molecule has 1 heterocycles. The molecule has 5 heteroatoms. The van der Waals surface area contributed by atoms with Crippen molar-refractivity contribution in [2.45, 2.75) is 0 Å². The van der Waals surface area contributed by atoms with Gasteiger partial charge in [0.1, 0.15) is 28.9 Å². The summed E-state index contributed by atoms with van der Waals surface area (Å²) < 4.78 is 11.3. The van der Waals surface area contributed by atoms with E-state index in [4.69, 9.17) is 9.15 Å². The lowest BCUT2D eigenvalue weighted by atomic mass is 9.98. The number of hydrogen-bond donors (Lipinski definition) is 1. The quantitative estimate of drug-likeness (QED) is 0.424. The lowest BCUT2D eigenvalue weighted by Gasteiger charge is -2.03. The van der Waals surface area contributed by atoms with E-state index >= 15 is 0 Å². The molecular weight excluding hydrogens is 376 g/mol. The molecule has 0 aliphatic heterocycles. The fourth-order valence-electron chi connectivity index (χ4n) is 3.18. The van der Waals surface area contributed by atoms with Gasteiger partial charge in [-0.15, -0.1) is 0 Å². The minimum absolute atomic E-state index is 0.0520. The van der Waals surface area contributed by atoms with E-state index < -0.39 is 0 Å². The predicted octanol–water partition coefficient (Wildman–Crippen LogP) is 5.95. The number of aromatic hydroxyl groups is 1. The molecule has 0 fully saturated rings. The zero-order valence-electron chi connectivity index (χ0n) is 16.2. The van der Waals surface area contributed by atoms with Gasteiger partial charge in [-0.2, -0.15) is 5.26 Å². The van der Waals surface area contributed by atoms with Crippen LogP contribution in [0.5, 0.6) is 11.5 Å². The summed E-state index contributed by atoms with van der Waals surface area (Å²) in [6, 6.07) is 26.3. The average Bonchev–Trinajstić information content (AvgIpc) is 3.18. The van der Waals surface area contributed by atoms with Crippen LogP contribution in [0, 0.1) is 11.3 Å². The van der Waals surface area contributed by atoms with Crippen LogP contribution in [0.2, 0.25) is 0 Å². The topological polar surface area (TPSA) is 78.8 Å². The van der Waals surface area contributed by atoms with Gasteiger partial charge in [0.05, 0.1) is 7.11 Å². The van der Waals surface area contributed by atoms with Crippen molar-refractivity contribution in [1.82, 2.24) is 0 Å². The summed E-state index contributed by atoms with van der Waals surface area (Å²) in [6.07, 6.45) is 1.46. The Hall–Kier alpha value is -4.30. The number of hydrogen-bond acceptors (Lipinski definition) is 5. The van der Waals surface area contributed by atoms with E-state index in [-0.39, 0.29) is 11.6 Å². The van der Waals surface area contributed by atoms with Gasteiger partial charge in [0.2, 0.25) is 5.88 Å². The Labute approximate surface area is 174 Å². The van der Waals surface area contributed by atoms with Crippen LogP contribution in [0.4, 0.5) is 5.88 Å². The maximum absolute atomic E-state index is 10.1. The molecule has 0 amide bonds. The number of ether oxygens (including phenoxy) is 1. The van der Waals surface area contributed by atoms with Gasteiger partial charge < -0.3 is 14.3 Å². The molecule has 0 radical (unpaired) electrons. The Kier molecular flexibility index (Phi) is 5.31. The summed E-state index contributed by atoms with van der Waals surface area (Å²) in [5.74, 6) is 1.39. The molecule has 146 valence electrons. The van der Waals surface area contributed by atoms with Gasteiger partial charge >= 0.3 is 0 Å². The number of methoxy groups -OCH3 is 1. The van der Waals surface area contributed by atoms with Crippen molar-refractivity contribution < 1.29 is 14.3 Å². The molecule has 4 aromatic rings. The highest BCUT2D eigenvalue weighted by atomic mass is 16.5. The van der Waals surface area contributed by atoms with E-state index in [0.717, 1.165) is 11.1 Å². The maximum Gasteiger partial charge on any atom is 0.238 e. The van der Waals surface area contributed by atoms with Crippen LogP contribution >= 0.6 is 0 Å². The van der Waals surface area contributed by atoms with E-state index in [0.29, 0.717) is 28.2 Å². The standard InChI is InChI=1S/C25H18N2O3/c1-29-20-12-13-22(28)19(14-20)16-27-25-21(15-26)23(17-8-4-2-5-9-17)24(30-25)18-10-6-3-7-11-18/h2-14,16,28H,1H3. The first-order valence-corrected chi connectivity index (χ1v) is 9.30. The highest BCUT2D eigenvalue weighted by Crippen LogP contribution is 2.42. The Morgan fingerprint density at radius 3 is 2.27 bits per heavy atom. The van der Waals surface area contributed by atoms with Crippen molar-refractivity contribution in [2.24, 2.45) is 4.99 Å². The number of phenols is 1. The van der Waals surface area contributed by atoms with E-state index in [1.807, 2.05) is 60.7 Å². The van der Waals surface area contributed by atoms with Gasteiger partial charge in [0, 0.05) is 22.9 Å². The third-order valence-corrected chi connectivity index (χ3v) is 4.66. The Balaban J connectivity index is 1.88. The van der Waals surface area contributed by atoms with Crippen LogP contribution in [0.1, 0.15) is 11.1 Å². The van der Waals surface area contributed by atoms with Gasteiger partial charge in [0.15, 0.2) is 0 Å². The van der Waals surface area contributed by atoms with Crippen molar-refractivity contribution in [1.29, 1.82) is 5.26 Å². The number of rotatable bonds is 5. The summed E-state index contributed by atoms with van der Waals surface area (Å²) in [4.78, 5) is 4.39. The second kappa shape index (κ2) is 8.38. The third kappa shape index (κ3) is 3.67. The summed E-state index contributed by atoms with van der Waals surface area (Å²) >= 11 is 0. The number of aliphatic imine (C=N–C) groups is 1. The van der Waals surface area contributed by atoms with Crippen LogP contribution in [0.25, 0.3) is 22.5 Å². The number of benzene rings is 3. The van der Waals surface area contributed by atoms with Gasteiger partial charge in [-0.3, -0.25) is 0 Å². The molecule has 0 spiro atoms. The van der Waals surface area contributed by atoms with E-state index in [1.165, 1.54) is 12.3 Å². The summed E-state index contributed by atoms with van der Waals surface area (Å²) in [5.41, 5.74) is 3.18. The second-order valence-electron chi connectivity index (χ2n) is 6.51. The Bertz CT molecular complexity index is 1240. The lowest BCUT2D eigenvalue weighted by molar-refractivity contribution is 0.412. The summed E-state index contributed by atoms with van der Waals surface area (Å²) in [5, 5.41) is 20.0. The molecule has 0 unspecified atom stereocenters.